The highest BCUT2D eigenvalue weighted by atomic mass is 19.4. The smallest absolute Gasteiger partial charge is 0.416 e. The summed E-state index contributed by atoms with van der Waals surface area (Å²) in [5.41, 5.74) is -0.421. The molecule has 1 aromatic rings. The van der Waals surface area contributed by atoms with E-state index in [4.69, 9.17) is 0 Å². The Morgan fingerprint density at radius 3 is 2.57 bits per heavy atom. The lowest BCUT2D eigenvalue weighted by Gasteiger charge is -2.09. The summed E-state index contributed by atoms with van der Waals surface area (Å²) in [7, 11) is 0. The van der Waals surface area contributed by atoms with Crippen molar-refractivity contribution in [3.8, 4) is 0 Å². The Labute approximate surface area is 120 Å². The molecule has 0 saturated heterocycles. The molecule has 0 fully saturated rings. The number of carbonyl (C=O) groups is 2. The molecule has 0 atom stereocenters. The highest BCUT2D eigenvalue weighted by molar-refractivity contribution is 5.81. The van der Waals surface area contributed by atoms with Crippen molar-refractivity contribution in [1.82, 2.24) is 5.32 Å². The summed E-state index contributed by atoms with van der Waals surface area (Å²) in [5.74, 6) is -0.896. The van der Waals surface area contributed by atoms with Gasteiger partial charge in [0.05, 0.1) is 18.6 Å². The van der Waals surface area contributed by atoms with Crippen LogP contribution in [0.25, 0.3) is 0 Å². The second kappa shape index (κ2) is 7.66. The van der Waals surface area contributed by atoms with Gasteiger partial charge in [-0.25, -0.2) is 0 Å². The summed E-state index contributed by atoms with van der Waals surface area (Å²) < 4.78 is 42.2. The van der Waals surface area contributed by atoms with Gasteiger partial charge in [-0.2, -0.15) is 13.2 Å². The zero-order chi connectivity index (χ0) is 15.9. The van der Waals surface area contributed by atoms with E-state index in [1.165, 1.54) is 12.1 Å². The average molecular weight is 303 g/mol. The molecule has 0 radical (unpaired) electrons. The average Bonchev–Trinajstić information content (AvgIpc) is 2.42. The minimum Gasteiger partial charge on any atom is -0.466 e. The van der Waals surface area contributed by atoms with Crippen LogP contribution in [0.5, 0.6) is 0 Å². The minimum absolute atomic E-state index is 0.0222. The molecule has 1 rings (SSSR count). The van der Waals surface area contributed by atoms with Crippen molar-refractivity contribution in [3.05, 3.63) is 35.4 Å². The number of halogens is 3. The fraction of sp³-hybridized carbons (Fsp3) is 0.429. The normalized spacial score (nSPS) is 11.0. The van der Waals surface area contributed by atoms with Crippen LogP contribution in [0.2, 0.25) is 0 Å². The van der Waals surface area contributed by atoms with Crippen LogP contribution in [0, 0.1) is 0 Å². The predicted molar refractivity (Wildman–Crippen MR) is 69.2 cm³/mol. The molecule has 4 nitrogen and oxygen atoms in total. The van der Waals surface area contributed by atoms with Crippen molar-refractivity contribution >= 4 is 11.9 Å². The van der Waals surface area contributed by atoms with E-state index < -0.39 is 23.6 Å². The highest BCUT2D eigenvalue weighted by Crippen LogP contribution is 2.29. The van der Waals surface area contributed by atoms with Crippen LogP contribution in [0.15, 0.2) is 24.3 Å². The Morgan fingerprint density at radius 1 is 1.24 bits per heavy atom. The number of ether oxygens (including phenoxy) is 1. The topological polar surface area (TPSA) is 55.4 Å². The van der Waals surface area contributed by atoms with E-state index in [9.17, 15) is 22.8 Å². The largest absolute Gasteiger partial charge is 0.466 e. The Balaban J connectivity index is 2.45. The van der Waals surface area contributed by atoms with Gasteiger partial charge in [0, 0.05) is 13.0 Å². The van der Waals surface area contributed by atoms with Crippen LogP contribution in [-0.4, -0.2) is 18.5 Å². The molecular formula is C14H16F3NO3. The van der Waals surface area contributed by atoms with Crippen LogP contribution < -0.4 is 5.32 Å². The first-order valence-electron chi connectivity index (χ1n) is 6.41. The van der Waals surface area contributed by atoms with Crippen molar-refractivity contribution in [2.24, 2.45) is 0 Å². The van der Waals surface area contributed by atoms with Crippen molar-refractivity contribution in [2.75, 3.05) is 6.61 Å². The van der Waals surface area contributed by atoms with E-state index >= 15 is 0 Å². The van der Waals surface area contributed by atoms with Gasteiger partial charge in [-0.05, 0) is 24.6 Å². The zero-order valence-corrected chi connectivity index (χ0v) is 11.5. The van der Waals surface area contributed by atoms with E-state index in [2.05, 4.69) is 10.1 Å². The first-order chi connectivity index (χ1) is 9.82. The Morgan fingerprint density at radius 2 is 1.95 bits per heavy atom. The molecule has 0 aliphatic rings. The number of rotatable bonds is 6. The number of esters is 1. The van der Waals surface area contributed by atoms with E-state index in [0.29, 0.717) is 5.56 Å². The predicted octanol–water partition coefficient (Wildman–Crippen LogP) is 2.66. The number of alkyl halides is 3. The maximum absolute atomic E-state index is 12.5. The third kappa shape index (κ3) is 6.29. The standard InChI is InChI=1S/C14H16F3NO3/c1-2-21-13(20)7-6-12(19)18-9-10-4-3-5-11(8-10)14(15,16)17/h3-5,8H,2,6-7,9H2,1H3,(H,18,19). The molecule has 1 amide bonds. The molecular weight excluding hydrogens is 287 g/mol. The molecule has 1 N–H and O–H groups in total. The summed E-state index contributed by atoms with van der Waals surface area (Å²) in [5, 5.41) is 2.46. The Bertz CT molecular complexity index is 500. The van der Waals surface area contributed by atoms with Crippen molar-refractivity contribution in [1.29, 1.82) is 0 Å². The monoisotopic (exact) mass is 303 g/mol. The summed E-state index contributed by atoms with van der Waals surface area (Å²) in [6, 6.07) is 4.71. The van der Waals surface area contributed by atoms with Gasteiger partial charge in [-0.1, -0.05) is 12.1 Å². The molecule has 0 bridgehead atoms. The molecule has 1 aromatic carbocycles. The maximum Gasteiger partial charge on any atom is 0.416 e. The van der Waals surface area contributed by atoms with Crippen LogP contribution >= 0.6 is 0 Å². The van der Waals surface area contributed by atoms with Crippen molar-refractivity contribution in [2.45, 2.75) is 32.5 Å². The van der Waals surface area contributed by atoms with E-state index in [-0.39, 0.29) is 26.0 Å². The molecule has 21 heavy (non-hydrogen) atoms. The second-order valence-corrected chi connectivity index (χ2v) is 4.28. The van der Waals surface area contributed by atoms with E-state index in [1.54, 1.807) is 6.92 Å². The quantitative estimate of drug-likeness (QED) is 0.822. The molecule has 0 heterocycles. The van der Waals surface area contributed by atoms with Gasteiger partial charge in [0.2, 0.25) is 5.91 Å². The van der Waals surface area contributed by atoms with Crippen molar-refractivity contribution in [3.63, 3.8) is 0 Å². The van der Waals surface area contributed by atoms with E-state index in [0.717, 1.165) is 12.1 Å². The molecule has 116 valence electrons. The molecule has 0 unspecified atom stereocenters. The van der Waals surface area contributed by atoms with Gasteiger partial charge >= 0.3 is 12.1 Å². The van der Waals surface area contributed by atoms with Crippen LogP contribution in [0.3, 0.4) is 0 Å². The van der Waals surface area contributed by atoms with Gasteiger partial charge in [0.1, 0.15) is 0 Å². The number of nitrogens with one attached hydrogen (secondary N) is 1. The Hall–Kier alpha value is -2.05. The fourth-order valence-corrected chi connectivity index (χ4v) is 1.60. The molecule has 0 aliphatic carbocycles. The number of benzene rings is 1. The highest BCUT2D eigenvalue weighted by Gasteiger charge is 2.30. The van der Waals surface area contributed by atoms with Crippen LogP contribution in [0.1, 0.15) is 30.9 Å². The summed E-state index contributed by atoms with van der Waals surface area (Å²) in [4.78, 5) is 22.5. The first-order valence-corrected chi connectivity index (χ1v) is 6.41. The van der Waals surface area contributed by atoms with E-state index in [1.807, 2.05) is 0 Å². The lowest BCUT2D eigenvalue weighted by Crippen LogP contribution is -2.23. The summed E-state index contributed by atoms with van der Waals surface area (Å²) in [6.45, 7) is 1.88. The number of hydrogen-bond donors (Lipinski definition) is 1. The lowest BCUT2D eigenvalue weighted by atomic mass is 10.1. The van der Waals surface area contributed by atoms with Gasteiger partial charge < -0.3 is 10.1 Å². The molecule has 0 spiro atoms. The molecule has 7 heteroatoms. The SMILES string of the molecule is CCOC(=O)CCC(=O)NCc1cccc(C(F)(F)F)c1. The molecule has 0 aliphatic heterocycles. The fourth-order valence-electron chi connectivity index (χ4n) is 1.60. The molecule has 0 saturated carbocycles. The summed E-state index contributed by atoms with van der Waals surface area (Å²) in [6.07, 6.45) is -4.52. The minimum atomic E-state index is -4.41. The van der Waals surface area contributed by atoms with Crippen LogP contribution in [0.4, 0.5) is 13.2 Å². The second-order valence-electron chi connectivity index (χ2n) is 4.28. The zero-order valence-electron chi connectivity index (χ0n) is 11.5. The van der Waals surface area contributed by atoms with Crippen molar-refractivity contribution < 1.29 is 27.5 Å². The number of carbonyl (C=O) groups excluding carboxylic acids is 2. The van der Waals surface area contributed by atoms with Gasteiger partial charge in [0.25, 0.3) is 0 Å². The van der Waals surface area contributed by atoms with Crippen LogP contribution in [-0.2, 0) is 27.0 Å². The lowest BCUT2D eigenvalue weighted by molar-refractivity contribution is -0.144. The third-order valence-electron chi connectivity index (χ3n) is 2.61. The maximum atomic E-state index is 12.5. The Kier molecular flexibility index (Phi) is 6.20. The molecule has 0 aromatic heterocycles. The van der Waals surface area contributed by atoms with Gasteiger partial charge in [0.15, 0.2) is 0 Å². The summed E-state index contributed by atoms with van der Waals surface area (Å²) >= 11 is 0. The first kappa shape index (κ1) is 17.0. The number of amides is 1. The van der Waals surface area contributed by atoms with Gasteiger partial charge in [-0.15, -0.1) is 0 Å². The van der Waals surface area contributed by atoms with Gasteiger partial charge in [-0.3, -0.25) is 9.59 Å². The number of hydrogen-bond acceptors (Lipinski definition) is 3. The third-order valence-corrected chi connectivity index (χ3v) is 2.61.